The number of halogens is 1. The molecule has 1 heterocycles. The summed E-state index contributed by atoms with van der Waals surface area (Å²) in [7, 11) is 0. The third-order valence-corrected chi connectivity index (χ3v) is 6.84. The third-order valence-electron chi connectivity index (χ3n) is 5.33. The van der Waals surface area contributed by atoms with Gasteiger partial charge in [0.15, 0.2) is 11.6 Å². The van der Waals surface area contributed by atoms with Crippen molar-refractivity contribution in [2.75, 3.05) is 0 Å². The van der Waals surface area contributed by atoms with Gasteiger partial charge in [-0.25, -0.2) is 4.98 Å². The molecule has 2 unspecified atom stereocenters. The molecule has 2 aliphatic carbocycles. The SMILES string of the molecule is Cc1cc(Br)ccc1-c1nc(C2C(=O)C3CCC(C3)C2=O)c(C)s1. The molecule has 0 aliphatic heterocycles. The lowest BCUT2D eigenvalue weighted by atomic mass is 9.77. The van der Waals surface area contributed by atoms with E-state index in [2.05, 4.69) is 22.0 Å². The molecule has 0 radical (unpaired) electrons. The van der Waals surface area contributed by atoms with Gasteiger partial charge in [-0.05, 0) is 50.8 Å². The average molecular weight is 404 g/mol. The van der Waals surface area contributed by atoms with Crippen LogP contribution in [0.25, 0.3) is 10.6 Å². The van der Waals surface area contributed by atoms with Gasteiger partial charge in [0.1, 0.15) is 10.9 Å². The van der Waals surface area contributed by atoms with Crippen molar-refractivity contribution in [3.63, 3.8) is 0 Å². The predicted molar refractivity (Wildman–Crippen MR) is 98.3 cm³/mol. The Balaban J connectivity index is 1.76. The van der Waals surface area contributed by atoms with Crippen LogP contribution >= 0.6 is 27.3 Å². The van der Waals surface area contributed by atoms with Gasteiger partial charge in [-0.1, -0.05) is 22.0 Å². The van der Waals surface area contributed by atoms with Gasteiger partial charge in [-0.2, -0.15) is 0 Å². The molecule has 2 atom stereocenters. The average Bonchev–Trinajstić information content (AvgIpc) is 3.12. The van der Waals surface area contributed by atoms with Crippen LogP contribution in [0.3, 0.4) is 0 Å². The number of carbonyl (C=O) groups excluding carboxylic acids is 2. The van der Waals surface area contributed by atoms with Gasteiger partial charge in [0.25, 0.3) is 0 Å². The lowest BCUT2D eigenvalue weighted by Crippen LogP contribution is -2.35. The number of aryl methyl sites for hydroxylation is 2. The number of carbonyl (C=O) groups is 2. The summed E-state index contributed by atoms with van der Waals surface area (Å²) in [5.41, 5.74) is 2.89. The molecule has 4 rings (SSSR count). The number of aromatic nitrogens is 1. The van der Waals surface area contributed by atoms with E-state index in [-0.39, 0.29) is 23.4 Å². The summed E-state index contributed by atoms with van der Waals surface area (Å²) in [6.07, 6.45) is 2.50. The molecular formula is C19H18BrNO2S. The van der Waals surface area contributed by atoms with Gasteiger partial charge in [-0.3, -0.25) is 9.59 Å². The van der Waals surface area contributed by atoms with Crippen LogP contribution in [0.1, 0.15) is 41.3 Å². The molecule has 0 amide bonds. The molecule has 2 bridgehead atoms. The molecule has 1 aromatic carbocycles. The van der Waals surface area contributed by atoms with Crippen LogP contribution in [-0.4, -0.2) is 16.6 Å². The van der Waals surface area contributed by atoms with Gasteiger partial charge < -0.3 is 0 Å². The highest BCUT2D eigenvalue weighted by molar-refractivity contribution is 9.10. The number of ketones is 2. The van der Waals surface area contributed by atoms with E-state index in [1.54, 1.807) is 11.3 Å². The molecule has 2 fully saturated rings. The molecule has 24 heavy (non-hydrogen) atoms. The number of Topliss-reactive ketones (excluding diaryl/α,β-unsaturated/α-hetero) is 2. The van der Waals surface area contributed by atoms with Crippen LogP contribution in [0, 0.1) is 25.7 Å². The lowest BCUT2D eigenvalue weighted by Gasteiger charge is -2.24. The first-order valence-electron chi connectivity index (χ1n) is 8.27. The smallest absolute Gasteiger partial charge is 0.152 e. The summed E-state index contributed by atoms with van der Waals surface area (Å²) in [5, 5.41) is 0.894. The molecule has 2 aromatic rings. The molecule has 0 spiro atoms. The highest BCUT2D eigenvalue weighted by atomic mass is 79.9. The van der Waals surface area contributed by atoms with Gasteiger partial charge >= 0.3 is 0 Å². The van der Waals surface area contributed by atoms with Gasteiger partial charge in [0.05, 0.1) is 5.69 Å². The minimum atomic E-state index is -0.628. The zero-order chi connectivity index (χ0) is 17.0. The molecular weight excluding hydrogens is 386 g/mol. The first-order valence-corrected chi connectivity index (χ1v) is 9.88. The van der Waals surface area contributed by atoms with Crippen LogP contribution in [0.2, 0.25) is 0 Å². The van der Waals surface area contributed by atoms with Crippen LogP contribution < -0.4 is 0 Å². The lowest BCUT2D eigenvalue weighted by molar-refractivity contribution is -0.136. The van der Waals surface area contributed by atoms with Crippen molar-refractivity contribution in [2.45, 2.75) is 39.0 Å². The van der Waals surface area contributed by atoms with E-state index in [9.17, 15) is 9.59 Å². The van der Waals surface area contributed by atoms with Crippen molar-refractivity contribution in [2.24, 2.45) is 11.8 Å². The normalized spacial score (nSPS) is 26.2. The second-order valence-corrected chi connectivity index (χ2v) is 8.98. The van der Waals surface area contributed by atoms with Crippen molar-refractivity contribution in [3.8, 4) is 10.6 Å². The third kappa shape index (κ3) is 2.49. The largest absolute Gasteiger partial charge is 0.298 e. The summed E-state index contributed by atoms with van der Waals surface area (Å²) in [6, 6.07) is 6.09. The molecule has 3 nitrogen and oxygen atoms in total. The van der Waals surface area contributed by atoms with Gasteiger partial charge in [0.2, 0.25) is 0 Å². The van der Waals surface area contributed by atoms with E-state index in [0.717, 1.165) is 44.7 Å². The second-order valence-electron chi connectivity index (χ2n) is 6.86. The van der Waals surface area contributed by atoms with E-state index in [1.165, 1.54) is 0 Å². The fourth-order valence-electron chi connectivity index (χ4n) is 4.04. The van der Waals surface area contributed by atoms with Crippen LogP contribution in [-0.2, 0) is 9.59 Å². The predicted octanol–water partition coefficient (Wildman–Crippen LogP) is 4.84. The number of hydrogen-bond acceptors (Lipinski definition) is 4. The zero-order valence-electron chi connectivity index (χ0n) is 13.6. The molecule has 2 saturated carbocycles. The minimum Gasteiger partial charge on any atom is -0.298 e. The molecule has 1 aromatic heterocycles. The van der Waals surface area contributed by atoms with Crippen molar-refractivity contribution in [3.05, 3.63) is 38.8 Å². The number of nitrogens with zero attached hydrogens (tertiary/aromatic N) is 1. The van der Waals surface area contributed by atoms with Crippen LogP contribution in [0.5, 0.6) is 0 Å². The number of thiazole rings is 1. The Kier molecular flexibility index (Phi) is 3.96. The molecule has 124 valence electrons. The highest BCUT2D eigenvalue weighted by Crippen LogP contribution is 2.45. The van der Waals surface area contributed by atoms with Gasteiger partial charge in [0, 0.05) is 26.7 Å². The Bertz CT molecular complexity index is 835. The Labute approximate surface area is 153 Å². The fourth-order valence-corrected chi connectivity index (χ4v) is 5.55. The maximum absolute atomic E-state index is 12.7. The van der Waals surface area contributed by atoms with E-state index in [0.29, 0.717) is 5.69 Å². The number of rotatable bonds is 2. The van der Waals surface area contributed by atoms with Crippen molar-refractivity contribution < 1.29 is 9.59 Å². The van der Waals surface area contributed by atoms with E-state index < -0.39 is 5.92 Å². The summed E-state index contributed by atoms with van der Waals surface area (Å²) >= 11 is 5.06. The Morgan fingerprint density at radius 3 is 2.42 bits per heavy atom. The minimum absolute atomic E-state index is 0.0664. The number of hydrogen-bond donors (Lipinski definition) is 0. The standard InChI is InChI=1S/C19H18BrNO2S/c1-9-7-13(20)5-6-14(9)19-21-16(10(2)24-19)15-17(22)11-3-4-12(8-11)18(15)23/h5-7,11-12,15H,3-4,8H2,1-2H3. The van der Waals surface area contributed by atoms with Crippen LogP contribution in [0.15, 0.2) is 22.7 Å². The Morgan fingerprint density at radius 1 is 1.12 bits per heavy atom. The first kappa shape index (κ1) is 16.2. The molecule has 2 aliphatic rings. The van der Waals surface area contributed by atoms with Gasteiger partial charge in [-0.15, -0.1) is 11.3 Å². The summed E-state index contributed by atoms with van der Waals surface area (Å²) in [5.74, 6) is -0.298. The maximum atomic E-state index is 12.7. The molecule has 5 heteroatoms. The quantitative estimate of drug-likeness (QED) is 0.673. The zero-order valence-corrected chi connectivity index (χ0v) is 16.0. The summed E-state index contributed by atoms with van der Waals surface area (Å²) in [6.45, 7) is 4.02. The van der Waals surface area contributed by atoms with Crippen molar-refractivity contribution >= 4 is 38.8 Å². The monoisotopic (exact) mass is 403 g/mol. The second kappa shape index (κ2) is 5.88. The highest BCUT2D eigenvalue weighted by Gasteiger charge is 2.48. The Morgan fingerprint density at radius 2 is 1.79 bits per heavy atom. The Hall–Kier alpha value is -1.33. The molecule has 0 saturated heterocycles. The topological polar surface area (TPSA) is 47.0 Å². The first-order chi connectivity index (χ1) is 11.5. The van der Waals surface area contributed by atoms with Crippen LogP contribution in [0.4, 0.5) is 0 Å². The fraction of sp³-hybridized carbons (Fsp3) is 0.421. The number of benzene rings is 1. The van der Waals surface area contributed by atoms with Crippen molar-refractivity contribution in [1.82, 2.24) is 4.98 Å². The summed E-state index contributed by atoms with van der Waals surface area (Å²) in [4.78, 5) is 31.2. The maximum Gasteiger partial charge on any atom is 0.152 e. The van der Waals surface area contributed by atoms with E-state index in [4.69, 9.17) is 4.98 Å². The van der Waals surface area contributed by atoms with E-state index in [1.807, 2.05) is 26.0 Å². The summed E-state index contributed by atoms with van der Waals surface area (Å²) < 4.78 is 1.03. The number of fused-ring (bicyclic) bond motifs is 2. The van der Waals surface area contributed by atoms with E-state index >= 15 is 0 Å². The van der Waals surface area contributed by atoms with Crippen molar-refractivity contribution in [1.29, 1.82) is 0 Å². The molecule has 0 N–H and O–H groups in total.